The topological polar surface area (TPSA) is 15.3 Å². The molecule has 1 N–H and O–H groups in total. The van der Waals surface area contributed by atoms with Gasteiger partial charge >= 0.3 is 6.18 Å². The van der Waals surface area contributed by atoms with Crippen molar-refractivity contribution in [1.82, 2.24) is 10.2 Å². The maximum atomic E-state index is 13.1. The lowest BCUT2D eigenvalue weighted by atomic mass is 9.88. The van der Waals surface area contributed by atoms with Crippen molar-refractivity contribution in [1.29, 1.82) is 0 Å². The predicted molar refractivity (Wildman–Crippen MR) is 92.8 cm³/mol. The molecule has 24 heavy (non-hydrogen) atoms. The van der Waals surface area contributed by atoms with Crippen LogP contribution in [0.3, 0.4) is 0 Å². The van der Waals surface area contributed by atoms with E-state index in [0.29, 0.717) is 16.5 Å². The maximum Gasteiger partial charge on any atom is 0.416 e. The zero-order valence-corrected chi connectivity index (χ0v) is 15.0. The van der Waals surface area contributed by atoms with Crippen LogP contribution in [0.2, 0.25) is 5.02 Å². The SMILES string of the molecule is Cl.FC(F)(F)c1ccc(Cl)c([C@@H](C2CCCC2)N2CCNCC2)c1. The van der Waals surface area contributed by atoms with Crippen LogP contribution >= 0.6 is 24.0 Å². The summed E-state index contributed by atoms with van der Waals surface area (Å²) in [7, 11) is 0. The van der Waals surface area contributed by atoms with Crippen LogP contribution in [-0.4, -0.2) is 31.1 Å². The Balaban J connectivity index is 0.00000208. The lowest BCUT2D eigenvalue weighted by Crippen LogP contribution is -2.46. The fourth-order valence-corrected chi connectivity index (χ4v) is 4.16. The molecule has 2 nitrogen and oxygen atoms in total. The van der Waals surface area contributed by atoms with Gasteiger partial charge in [-0.1, -0.05) is 24.4 Å². The molecule has 1 aliphatic heterocycles. The molecule has 0 spiro atoms. The van der Waals surface area contributed by atoms with Crippen molar-refractivity contribution in [2.45, 2.75) is 37.9 Å². The Morgan fingerprint density at radius 1 is 1.12 bits per heavy atom. The standard InChI is InChI=1S/C17H22ClF3N2.ClH/c18-15-6-5-13(17(19,20)21)11-14(15)16(12-3-1-2-4-12)23-9-7-22-8-10-23;/h5-6,11-12,16,22H,1-4,7-10H2;1H/t16-;/m1./s1. The van der Waals surface area contributed by atoms with Gasteiger partial charge in [0.1, 0.15) is 0 Å². The number of hydrogen-bond donors (Lipinski definition) is 1. The van der Waals surface area contributed by atoms with E-state index in [2.05, 4.69) is 10.2 Å². The third-order valence-electron chi connectivity index (χ3n) is 5.03. The molecule has 2 aliphatic rings. The van der Waals surface area contributed by atoms with E-state index in [1.165, 1.54) is 12.1 Å². The number of halogens is 5. The van der Waals surface area contributed by atoms with Gasteiger partial charge in [-0.05, 0) is 42.5 Å². The molecule has 2 fully saturated rings. The van der Waals surface area contributed by atoms with Crippen LogP contribution in [0.5, 0.6) is 0 Å². The van der Waals surface area contributed by atoms with Crippen LogP contribution in [0.15, 0.2) is 18.2 Å². The van der Waals surface area contributed by atoms with Gasteiger partial charge in [-0.2, -0.15) is 13.2 Å². The van der Waals surface area contributed by atoms with E-state index >= 15 is 0 Å². The first-order chi connectivity index (χ1) is 11.0. The van der Waals surface area contributed by atoms with Gasteiger partial charge in [-0.25, -0.2) is 0 Å². The van der Waals surface area contributed by atoms with E-state index in [9.17, 15) is 13.2 Å². The fraction of sp³-hybridized carbons (Fsp3) is 0.647. The van der Waals surface area contributed by atoms with Crippen molar-refractivity contribution in [3.63, 3.8) is 0 Å². The van der Waals surface area contributed by atoms with Crippen molar-refractivity contribution < 1.29 is 13.2 Å². The highest BCUT2D eigenvalue weighted by Crippen LogP contribution is 2.43. The Bertz CT molecular complexity index is 539. The second-order valence-electron chi connectivity index (χ2n) is 6.51. The predicted octanol–water partition coefficient (Wildman–Crippen LogP) is 4.92. The molecule has 3 rings (SSSR count). The summed E-state index contributed by atoms with van der Waals surface area (Å²) in [5.74, 6) is 0.397. The molecule has 1 aromatic carbocycles. The van der Waals surface area contributed by atoms with Gasteiger partial charge in [0.05, 0.1) is 5.56 Å². The second-order valence-corrected chi connectivity index (χ2v) is 6.92. The molecule has 0 aromatic heterocycles. The lowest BCUT2D eigenvalue weighted by Gasteiger charge is -2.39. The number of nitrogens with zero attached hydrogens (tertiary/aromatic N) is 1. The average molecular weight is 383 g/mol. The van der Waals surface area contributed by atoms with Gasteiger partial charge in [0, 0.05) is 37.2 Å². The summed E-state index contributed by atoms with van der Waals surface area (Å²) in [6.45, 7) is 3.46. The van der Waals surface area contributed by atoms with E-state index in [-0.39, 0.29) is 18.4 Å². The molecule has 0 amide bonds. The summed E-state index contributed by atoms with van der Waals surface area (Å²) in [5.41, 5.74) is 0.0466. The van der Waals surface area contributed by atoms with Crippen LogP contribution in [0, 0.1) is 5.92 Å². The molecule has 1 atom stereocenters. The third-order valence-corrected chi connectivity index (χ3v) is 5.38. The molecule has 1 saturated carbocycles. The normalized spacial score (nSPS) is 21.5. The highest BCUT2D eigenvalue weighted by Gasteiger charge is 2.36. The number of benzene rings is 1. The van der Waals surface area contributed by atoms with E-state index in [1.54, 1.807) is 0 Å². The highest BCUT2D eigenvalue weighted by atomic mass is 35.5. The first kappa shape index (κ1) is 19.8. The van der Waals surface area contributed by atoms with E-state index in [1.807, 2.05) is 0 Å². The van der Waals surface area contributed by atoms with Crippen LogP contribution < -0.4 is 5.32 Å². The number of hydrogen-bond acceptors (Lipinski definition) is 2. The lowest BCUT2D eigenvalue weighted by molar-refractivity contribution is -0.137. The zero-order chi connectivity index (χ0) is 16.4. The van der Waals surface area contributed by atoms with Gasteiger partial charge in [0.2, 0.25) is 0 Å². The molecule has 0 bridgehead atoms. The summed E-state index contributed by atoms with van der Waals surface area (Å²) in [6, 6.07) is 3.75. The third kappa shape index (κ3) is 4.37. The number of nitrogens with one attached hydrogen (secondary N) is 1. The van der Waals surface area contributed by atoms with Gasteiger partial charge in [-0.3, -0.25) is 4.90 Å². The molecule has 1 saturated heterocycles. The van der Waals surface area contributed by atoms with E-state index in [0.717, 1.165) is 57.9 Å². The van der Waals surface area contributed by atoms with Crippen LogP contribution in [-0.2, 0) is 6.18 Å². The zero-order valence-electron chi connectivity index (χ0n) is 13.4. The Labute approximate surface area is 152 Å². The van der Waals surface area contributed by atoms with Crippen molar-refractivity contribution >= 4 is 24.0 Å². The molecule has 0 radical (unpaired) electrons. The Morgan fingerprint density at radius 3 is 2.33 bits per heavy atom. The van der Waals surface area contributed by atoms with Crippen LogP contribution in [0.4, 0.5) is 13.2 Å². The molecular formula is C17H23Cl2F3N2. The molecule has 136 valence electrons. The van der Waals surface area contributed by atoms with Crippen LogP contribution in [0.25, 0.3) is 0 Å². The summed E-state index contributed by atoms with van der Waals surface area (Å²) < 4.78 is 39.3. The minimum atomic E-state index is -4.33. The van der Waals surface area contributed by atoms with Gasteiger partial charge < -0.3 is 5.32 Å². The highest BCUT2D eigenvalue weighted by molar-refractivity contribution is 6.31. The van der Waals surface area contributed by atoms with Crippen molar-refractivity contribution in [2.24, 2.45) is 5.92 Å². The smallest absolute Gasteiger partial charge is 0.314 e. The molecule has 1 aromatic rings. The Morgan fingerprint density at radius 2 is 1.75 bits per heavy atom. The summed E-state index contributed by atoms with van der Waals surface area (Å²) in [4.78, 5) is 2.31. The first-order valence-corrected chi connectivity index (χ1v) is 8.66. The largest absolute Gasteiger partial charge is 0.416 e. The second kappa shape index (κ2) is 8.26. The van der Waals surface area contributed by atoms with Crippen LogP contribution in [0.1, 0.15) is 42.9 Å². The number of alkyl halides is 3. The van der Waals surface area contributed by atoms with E-state index < -0.39 is 11.7 Å². The molecule has 0 unspecified atom stereocenters. The average Bonchev–Trinajstić information content (AvgIpc) is 3.03. The quantitative estimate of drug-likeness (QED) is 0.797. The number of rotatable bonds is 3. The van der Waals surface area contributed by atoms with Gasteiger partial charge in [0.15, 0.2) is 0 Å². The molecule has 1 aliphatic carbocycles. The minimum Gasteiger partial charge on any atom is -0.314 e. The first-order valence-electron chi connectivity index (χ1n) is 8.28. The molecule has 7 heteroatoms. The molecule has 1 heterocycles. The van der Waals surface area contributed by atoms with Crippen molar-refractivity contribution in [2.75, 3.05) is 26.2 Å². The molecular weight excluding hydrogens is 360 g/mol. The summed E-state index contributed by atoms with van der Waals surface area (Å²) in [6.07, 6.45) is 0.124. The van der Waals surface area contributed by atoms with Crippen molar-refractivity contribution in [3.05, 3.63) is 34.3 Å². The summed E-state index contributed by atoms with van der Waals surface area (Å²) in [5, 5.41) is 3.76. The maximum absolute atomic E-state index is 13.1. The van der Waals surface area contributed by atoms with E-state index in [4.69, 9.17) is 11.6 Å². The Kier molecular flexibility index (Phi) is 6.82. The minimum absolute atomic E-state index is 0. The fourth-order valence-electron chi connectivity index (χ4n) is 3.93. The summed E-state index contributed by atoms with van der Waals surface area (Å²) >= 11 is 6.33. The van der Waals surface area contributed by atoms with Gasteiger partial charge in [0.25, 0.3) is 0 Å². The van der Waals surface area contributed by atoms with Gasteiger partial charge in [-0.15, -0.1) is 12.4 Å². The number of piperazine rings is 1. The Hall–Kier alpha value is -0.490. The van der Waals surface area contributed by atoms with Crippen molar-refractivity contribution in [3.8, 4) is 0 Å². The monoisotopic (exact) mass is 382 g/mol.